The lowest BCUT2D eigenvalue weighted by atomic mass is 9.69. The molecule has 0 amide bonds. The highest BCUT2D eigenvalue weighted by atomic mass is 16.5. The van der Waals surface area contributed by atoms with E-state index in [2.05, 4.69) is 5.92 Å². The standard InChI is InChI=1S/C18H22O2/c1-3-4-13-18(2)16(19)11-8-12-17(18)20-14-15-9-6-5-7-10-15/h1,5-7,9-10,17H,4,8,11-14H2,2H3/t17-,18+/m0/s1. The van der Waals surface area contributed by atoms with E-state index < -0.39 is 5.41 Å². The second-order valence-corrected chi connectivity index (χ2v) is 5.72. The highest BCUT2D eigenvalue weighted by Crippen LogP contribution is 2.39. The molecule has 1 fully saturated rings. The topological polar surface area (TPSA) is 26.3 Å². The zero-order chi connectivity index (χ0) is 14.4. The molecule has 106 valence electrons. The Kier molecular flexibility index (Phi) is 4.98. The van der Waals surface area contributed by atoms with Crippen molar-refractivity contribution < 1.29 is 9.53 Å². The van der Waals surface area contributed by atoms with Gasteiger partial charge in [-0.15, -0.1) is 12.3 Å². The number of hydrogen-bond donors (Lipinski definition) is 0. The first-order valence-corrected chi connectivity index (χ1v) is 7.29. The zero-order valence-corrected chi connectivity index (χ0v) is 12.1. The Morgan fingerprint density at radius 2 is 2.15 bits per heavy atom. The number of Topliss-reactive ketones (excluding diaryl/α,β-unsaturated/α-hetero) is 1. The summed E-state index contributed by atoms with van der Waals surface area (Å²) >= 11 is 0. The second-order valence-electron chi connectivity index (χ2n) is 5.72. The fraction of sp³-hybridized carbons (Fsp3) is 0.500. The number of ketones is 1. The summed E-state index contributed by atoms with van der Waals surface area (Å²) in [6.07, 6.45) is 9.22. The Hall–Kier alpha value is -1.59. The van der Waals surface area contributed by atoms with Gasteiger partial charge < -0.3 is 4.74 Å². The predicted octanol–water partition coefficient (Wildman–Crippen LogP) is 3.74. The van der Waals surface area contributed by atoms with Crippen molar-refractivity contribution in [3.8, 4) is 12.3 Å². The van der Waals surface area contributed by atoms with Gasteiger partial charge in [0.15, 0.2) is 0 Å². The van der Waals surface area contributed by atoms with E-state index in [0.717, 1.165) is 24.8 Å². The number of carbonyl (C=O) groups excluding carboxylic acids is 1. The normalized spacial score (nSPS) is 26.2. The van der Waals surface area contributed by atoms with Gasteiger partial charge in [0, 0.05) is 12.8 Å². The van der Waals surface area contributed by atoms with E-state index in [4.69, 9.17) is 11.2 Å². The molecule has 2 rings (SSSR count). The van der Waals surface area contributed by atoms with E-state index in [1.807, 2.05) is 37.3 Å². The van der Waals surface area contributed by atoms with Crippen molar-refractivity contribution in [1.82, 2.24) is 0 Å². The molecule has 2 atom stereocenters. The van der Waals surface area contributed by atoms with E-state index in [9.17, 15) is 4.79 Å². The minimum Gasteiger partial charge on any atom is -0.373 e. The Bertz CT molecular complexity index is 486. The van der Waals surface area contributed by atoms with E-state index in [1.165, 1.54) is 0 Å². The molecule has 1 aromatic rings. The molecule has 0 spiro atoms. The fourth-order valence-electron chi connectivity index (χ4n) is 2.90. The summed E-state index contributed by atoms with van der Waals surface area (Å²) < 4.78 is 6.06. The maximum absolute atomic E-state index is 12.3. The van der Waals surface area contributed by atoms with Crippen molar-refractivity contribution in [1.29, 1.82) is 0 Å². The summed E-state index contributed by atoms with van der Waals surface area (Å²) in [4.78, 5) is 12.3. The molecule has 0 heterocycles. The summed E-state index contributed by atoms with van der Waals surface area (Å²) in [7, 11) is 0. The third kappa shape index (κ3) is 3.29. The Balaban J connectivity index is 2.03. The van der Waals surface area contributed by atoms with Gasteiger partial charge in [0.2, 0.25) is 0 Å². The first kappa shape index (κ1) is 14.8. The molecule has 1 aliphatic rings. The van der Waals surface area contributed by atoms with Crippen LogP contribution in [0.5, 0.6) is 0 Å². The first-order valence-electron chi connectivity index (χ1n) is 7.29. The number of ether oxygens (including phenoxy) is 1. The Morgan fingerprint density at radius 1 is 1.40 bits per heavy atom. The van der Waals surface area contributed by atoms with E-state index >= 15 is 0 Å². The van der Waals surface area contributed by atoms with Crippen LogP contribution < -0.4 is 0 Å². The molecule has 0 N–H and O–H groups in total. The average molecular weight is 270 g/mol. The molecule has 0 aromatic heterocycles. The predicted molar refractivity (Wildman–Crippen MR) is 80.1 cm³/mol. The SMILES string of the molecule is C#CCC[C@]1(C)C(=O)CCC[C@@H]1OCc1ccccc1. The van der Waals surface area contributed by atoms with Gasteiger partial charge in [-0.05, 0) is 24.8 Å². The summed E-state index contributed by atoms with van der Waals surface area (Å²) in [5.74, 6) is 2.95. The van der Waals surface area contributed by atoms with Gasteiger partial charge in [-0.3, -0.25) is 4.79 Å². The molecular formula is C18H22O2. The highest BCUT2D eigenvalue weighted by molar-refractivity contribution is 5.85. The van der Waals surface area contributed by atoms with E-state index in [1.54, 1.807) is 0 Å². The van der Waals surface area contributed by atoms with Gasteiger partial charge in [0.05, 0.1) is 18.1 Å². The zero-order valence-electron chi connectivity index (χ0n) is 12.1. The Labute approximate surface area is 121 Å². The summed E-state index contributed by atoms with van der Waals surface area (Å²) in [6.45, 7) is 2.58. The van der Waals surface area contributed by atoms with Gasteiger partial charge in [0.25, 0.3) is 0 Å². The molecule has 0 aliphatic heterocycles. The van der Waals surface area contributed by atoms with Gasteiger partial charge in [0.1, 0.15) is 5.78 Å². The minimum atomic E-state index is -0.417. The van der Waals surface area contributed by atoms with Crippen molar-refractivity contribution >= 4 is 5.78 Å². The van der Waals surface area contributed by atoms with Gasteiger partial charge >= 0.3 is 0 Å². The van der Waals surface area contributed by atoms with Crippen molar-refractivity contribution in [2.75, 3.05) is 0 Å². The molecule has 0 unspecified atom stereocenters. The molecule has 1 aliphatic carbocycles. The monoisotopic (exact) mass is 270 g/mol. The van der Waals surface area contributed by atoms with Crippen LogP contribution >= 0.6 is 0 Å². The van der Waals surface area contributed by atoms with Crippen LogP contribution in [0.15, 0.2) is 30.3 Å². The van der Waals surface area contributed by atoms with Crippen LogP contribution in [-0.2, 0) is 16.1 Å². The number of hydrogen-bond acceptors (Lipinski definition) is 2. The van der Waals surface area contributed by atoms with Crippen LogP contribution in [0.2, 0.25) is 0 Å². The summed E-state index contributed by atoms with van der Waals surface area (Å²) in [6, 6.07) is 10.1. The minimum absolute atomic E-state index is 0.0164. The van der Waals surface area contributed by atoms with Crippen molar-refractivity contribution in [3.63, 3.8) is 0 Å². The van der Waals surface area contributed by atoms with Crippen molar-refractivity contribution in [2.45, 2.75) is 51.7 Å². The fourth-order valence-corrected chi connectivity index (χ4v) is 2.90. The summed E-state index contributed by atoms with van der Waals surface area (Å²) in [5, 5.41) is 0. The molecule has 20 heavy (non-hydrogen) atoms. The van der Waals surface area contributed by atoms with E-state index in [0.29, 0.717) is 25.2 Å². The van der Waals surface area contributed by atoms with Crippen LogP contribution in [0.3, 0.4) is 0 Å². The maximum atomic E-state index is 12.3. The molecular weight excluding hydrogens is 248 g/mol. The Morgan fingerprint density at radius 3 is 2.85 bits per heavy atom. The number of rotatable bonds is 5. The molecule has 2 nitrogen and oxygen atoms in total. The lowest BCUT2D eigenvalue weighted by molar-refractivity contribution is -0.145. The maximum Gasteiger partial charge on any atom is 0.141 e. The van der Waals surface area contributed by atoms with Gasteiger partial charge in [-0.1, -0.05) is 37.3 Å². The third-order valence-corrected chi connectivity index (χ3v) is 4.30. The molecule has 1 aromatic carbocycles. The highest BCUT2D eigenvalue weighted by Gasteiger charge is 2.43. The quantitative estimate of drug-likeness (QED) is 0.762. The molecule has 0 bridgehead atoms. The largest absolute Gasteiger partial charge is 0.373 e. The van der Waals surface area contributed by atoms with Crippen LogP contribution in [0.1, 0.15) is 44.6 Å². The summed E-state index contributed by atoms with van der Waals surface area (Å²) in [5.41, 5.74) is 0.726. The van der Waals surface area contributed by atoms with Crippen molar-refractivity contribution in [2.24, 2.45) is 5.41 Å². The molecule has 1 saturated carbocycles. The van der Waals surface area contributed by atoms with E-state index in [-0.39, 0.29) is 6.10 Å². The van der Waals surface area contributed by atoms with Gasteiger partial charge in [-0.25, -0.2) is 0 Å². The number of terminal acetylenes is 1. The first-order chi connectivity index (χ1) is 9.66. The average Bonchev–Trinajstić information content (AvgIpc) is 2.48. The van der Waals surface area contributed by atoms with Crippen LogP contribution in [0, 0.1) is 17.8 Å². The second kappa shape index (κ2) is 6.72. The van der Waals surface area contributed by atoms with Gasteiger partial charge in [-0.2, -0.15) is 0 Å². The molecule has 0 saturated heterocycles. The number of benzene rings is 1. The smallest absolute Gasteiger partial charge is 0.141 e. The number of carbonyl (C=O) groups is 1. The van der Waals surface area contributed by atoms with Crippen LogP contribution in [0.25, 0.3) is 0 Å². The molecule has 2 heteroatoms. The lowest BCUT2D eigenvalue weighted by Gasteiger charge is -2.39. The van der Waals surface area contributed by atoms with Crippen LogP contribution in [-0.4, -0.2) is 11.9 Å². The van der Waals surface area contributed by atoms with Crippen molar-refractivity contribution in [3.05, 3.63) is 35.9 Å². The lowest BCUT2D eigenvalue weighted by Crippen LogP contribution is -2.44. The third-order valence-electron chi connectivity index (χ3n) is 4.30. The molecule has 0 radical (unpaired) electrons. The van der Waals surface area contributed by atoms with Crippen LogP contribution in [0.4, 0.5) is 0 Å².